The van der Waals surface area contributed by atoms with E-state index in [-0.39, 0.29) is 6.61 Å². The second-order valence-corrected chi connectivity index (χ2v) is 11.6. The lowest BCUT2D eigenvalue weighted by Crippen LogP contribution is -2.39. The molecule has 0 bridgehead atoms. The molecular formula is C29H46O4. The Morgan fingerprint density at radius 2 is 1.82 bits per heavy atom. The molecule has 4 nitrogen and oxygen atoms in total. The van der Waals surface area contributed by atoms with Gasteiger partial charge in [0, 0.05) is 0 Å². The van der Waals surface area contributed by atoms with Gasteiger partial charge in [0.2, 0.25) is 0 Å². The van der Waals surface area contributed by atoms with Crippen LogP contribution in [0.15, 0.2) is 48.1 Å². The smallest absolute Gasteiger partial charge is 0.0812 e. The third kappa shape index (κ3) is 6.28. The predicted octanol–water partition coefficient (Wildman–Crippen LogP) is 5.09. The Hall–Kier alpha value is -1.20. The molecule has 4 heteroatoms. The summed E-state index contributed by atoms with van der Waals surface area (Å²) < 4.78 is 0. The van der Waals surface area contributed by atoms with Gasteiger partial charge in [-0.15, -0.1) is 6.58 Å². The van der Waals surface area contributed by atoms with Crippen LogP contribution in [0.25, 0.3) is 0 Å². The summed E-state index contributed by atoms with van der Waals surface area (Å²) in [4.78, 5) is 0. The minimum absolute atomic E-state index is 0.148. The van der Waals surface area contributed by atoms with Crippen LogP contribution in [0.2, 0.25) is 0 Å². The van der Waals surface area contributed by atoms with Crippen molar-refractivity contribution in [2.75, 3.05) is 6.61 Å². The lowest BCUT2D eigenvalue weighted by Gasteiger charge is -2.46. The first-order valence-electron chi connectivity index (χ1n) is 13.0. The molecule has 4 unspecified atom stereocenters. The van der Waals surface area contributed by atoms with Crippen LogP contribution in [0.5, 0.6) is 0 Å². The van der Waals surface area contributed by atoms with Gasteiger partial charge in [0.1, 0.15) is 0 Å². The third-order valence-corrected chi connectivity index (χ3v) is 8.77. The van der Waals surface area contributed by atoms with E-state index in [9.17, 15) is 15.3 Å². The molecule has 0 aliphatic heterocycles. The van der Waals surface area contributed by atoms with Gasteiger partial charge in [-0.3, -0.25) is 0 Å². The van der Waals surface area contributed by atoms with Gasteiger partial charge in [0.15, 0.2) is 0 Å². The largest absolute Gasteiger partial charge is 0.392 e. The molecule has 186 valence electrons. The third-order valence-electron chi connectivity index (χ3n) is 8.77. The Balaban J connectivity index is 1.67. The SMILES string of the molecule is C=C[C@H](/C=C/CC(C)(C)O)C1CCC2C(CC=C3C[C@@H](O)C(=CCO)[C@H](O)C3)CCCC21C. The van der Waals surface area contributed by atoms with E-state index in [0.717, 1.165) is 12.0 Å². The number of rotatable bonds is 8. The van der Waals surface area contributed by atoms with E-state index in [4.69, 9.17) is 5.11 Å². The Morgan fingerprint density at radius 3 is 2.42 bits per heavy atom. The standard InChI is InChI=1S/C29H46O4/c1-5-21(8-6-15-28(2,3)33)24-12-13-25-22(9-7-16-29(24,25)4)11-10-20-18-26(31)23(14-17-30)27(32)19-20/h5-6,8,10,14,21-22,24-27,30-33H,1,7,9,11-13,15-19H2,2-4H3/b8-6+,20-10?,23-14?/t21-,22?,24?,25?,26-,27-,29?/m1/s1. The second-order valence-electron chi connectivity index (χ2n) is 11.6. The van der Waals surface area contributed by atoms with Crippen LogP contribution in [0.1, 0.15) is 78.6 Å². The van der Waals surface area contributed by atoms with Crippen molar-refractivity contribution in [2.45, 2.75) is 96.4 Å². The Bertz CT molecular complexity index is 742. The number of aliphatic hydroxyl groups is 4. The van der Waals surface area contributed by atoms with Crippen LogP contribution in [0.3, 0.4) is 0 Å². The molecule has 3 aliphatic rings. The Kier molecular flexibility index (Phi) is 8.82. The van der Waals surface area contributed by atoms with Crippen molar-refractivity contribution in [3.05, 3.63) is 48.1 Å². The average molecular weight is 459 g/mol. The van der Waals surface area contributed by atoms with E-state index < -0.39 is 17.8 Å². The first-order chi connectivity index (χ1) is 15.6. The molecule has 3 fully saturated rings. The average Bonchev–Trinajstić information content (AvgIpc) is 3.09. The summed E-state index contributed by atoms with van der Waals surface area (Å²) in [5.74, 6) is 2.29. The zero-order valence-electron chi connectivity index (χ0n) is 20.9. The molecule has 0 heterocycles. The molecule has 33 heavy (non-hydrogen) atoms. The van der Waals surface area contributed by atoms with Crippen molar-refractivity contribution in [1.29, 1.82) is 0 Å². The van der Waals surface area contributed by atoms with Crippen molar-refractivity contribution in [3.63, 3.8) is 0 Å². The van der Waals surface area contributed by atoms with E-state index in [2.05, 4.69) is 37.8 Å². The quantitative estimate of drug-likeness (QED) is 0.382. The van der Waals surface area contributed by atoms with Crippen molar-refractivity contribution >= 4 is 0 Å². The second kappa shape index (κ2) is 11.0. The van der Waals surface area contributed by atoms with Gasteiger partial charge >= 0.3 is 0 Å². The van der Waals surface area contributed by atoms with Crippen LogP contribution < -0.4 is 0 Å². The first-order valence-corrected chi connectivity index (χ1v) is 13.0. The van der Waals surface area contributed by atoms with Crippen molar-refractivity contribution in [1.82, 2.24) is 0 Å². The number of aliphatic hydroxyl groups excluding tert-OH is 3. The summed E-state index contributed by atoms with van der Waals surface area (Å²) in [7, 11) is 0. The van der Waals surface area contributed by atoms with E-state index in [1.807, 2.05) is 13.8 Å². The summed E-state index contributed by atoms with van der Waals surface area (Å²) in [6.45, 7) is 10.2. The number of hydrogen-bond acceptors (Lipinski definition) is 4. The molecular weight excluding hydrogens is 412 g/mol. The summed E-state index contributed by atoms with van der Waals surface area (Å²) in [6, 6.07) is 0. The van der Waals surface area contributed by atoms with Gasteiger partial charge in [0.25, 0.3) is 0 Å². The zero-order valence-corrected chi connectivity index (χ0v) is 20.9. The van der Waals surface area contributed by atoms with E-state index in [1.165, 1.54) is 32.1 Å². The monoisotopic (exact) mass is 458 g/mol. The maximum Gasteiger partial charge on any atom is 0.0812 e. The normalized spacial score (nSPS) is 36.0. The topological polar surface area (TPSA) is 80.9 Å². The van der Waals surface area contributed by atoms with Gasteiger partial charge in [-0.05, 0) is 99.9 Å². The van der Waals surface area contributed by atoms with Crippen LogP contribution in [0.4, 0.5) is 0 Å². The molecule has 0 aromatic rings. The molecule has 0 saturated heterocycles. The zero-order chi connectivity index (χ0) is 24.2. The molecule has 4 N–H and O–H groups in total. The summed E-state index contributed by atoms with van der Waals surface area (Å²) in [5, 5.41) is 40.0. The fourth-order valence-electron chi connectivity index (χ4n) is 7.09. The highest BCUT2D eigenvalue weighted by Gasteiger charge is 2.52. The van der Waals surface area contributed by atoms with Gasteiger partial charge in [-0.1, -0.05) is 49.3 Å². The lowest BCUT2D eigenvalue weighted by molar-refractivity contribution is 0.0430. The number of hydrogen-bond donors (Lipinski definition) is 4. The fourth-order valence-corrected chi connectivity index (χ4v) is 7.09. The molecule has 0 spiro atoms. The number of fused-ring (bicyclic) bond motifs is 1. The minimum Gasteiger partial charge on any atom is -0.392 e. The van der Waals surface area contributed by atoms with E-state index >= 15 is 0 Å². The van der Waals surface area contributed by atoms with Crippen LogP contribution in [0, 0.1) is 29.1 Å². The molecule has 0 amide bonds. The van der Waals surface area contributed by atoms with Crippen molar-refractivity contribution < 1.29 is 20.4 Å². The Labute approximate surface area is 200 Å². The maximum atomic E-state index is 10.4. The molecule has 7 atom stereocenters. The lowest BCUT2D eigenvalue weighted by atomic mass is 9.58. The van der Waals surface area contributed by atoms with Crippen LogP contribution >= 0.6 is 0 Å². The van der Waals surface area contributed by atoms with E-state index in [1.54, 1.807) is 6.08 Å². The van der Waals surface area contributed by atoms with Crippen LogP contribution in [-0.2, 0) is 0 Å². The summed E-state index contributed by atoms with van der Waals surface area (Å²) >= 11 is 0. The first kappa shape index (κ1) is 26.4. The highest BCUT2D eigenvalue weighted by molar-refractivity contribution is 5.26. The van der Waals surface area contributed by atoms with Gasteiger partial charge in [-0.2, -0.15) is 0 Å². The molecule has 0 aromatic heterocycles. The fraction of sp³-hybridized carbons (Fsp3) is 0.724. The Morgan fingerprint density at radius 1 is 1.12 bits per heavy atom. The summed E-state index contributed by atoms with van der Waals surface area (Å²) in [6.07, 6.45) is 18.0. The summed E-state index contributed by atoms with van der Waals surface area (Å²) in [5.41, 5.74) is 1.34. The molecule has 0 radical (unpaired) electrons. The predicted molar refractivity (Wildman–Crippen MR) is 135 cm³/mol. The van der Waals surface area contributed by atoms with Crippen molar-refractivity contribution in [3.8, 4) is 0 Å². The van der Waals surface area contributed by atoms with Gasteiger partial charge < -0.3 is 20.4 Å². The minimum atomic E-state index is -0.691. The van der Waals surface area contributed by atoms with Gasteiger partial charge in [0.05, 0.1) is 24.4 Å². The molecule has 0 aromatic carbocycles. The highest BCUT2D eigenvalue weighted by Crippen LogP contribution is 2.60. The molecule has 3 aliphatic carbocycles. The molecule has 3 saturated carbocycles. The van der Waals surface area contributed by atoms with Crippen LogP contribution in [-0.4, -0.2) is 44.8 Å². The number of allylic oxidation sites excluding steroid dienone is 3. The van der Waals surface area contributed by atoms with E-state index in [0.29, 0.717) is 53.9 Å². The maximum absolute atomic E-state index is 10.4. The highest BCUT2D eigenvalue weighted by atomic mass is 16.3. The van der Waals surface area contributed by atoms with Gasteiger partial charge in [-0.25, -0.2) is 0 Å². The van der Waals surface area contributed by atoms with Crippen molar-refractivity contribution in [2.24, 2.45) is 29.1 Å². The molecule has 3 rings (SSSR count).